The van der Waals surface area contributed by atoms with Gasteiger partial charge in [-0.15, -0.1) is 0 Å². The van der Waals surface area contributed by atoms with Crippen LogP contribution in [0.2, 0.25) is 0 Å². The fourth-order valence-corrected chi connectivity index (χ4v) is 2.82. The number of esters is 1. The normalized spacial score (nSPS) is 24.4. The molecule has 2 N–H and O–H groups in total. The molecule has 0 spiro atoms. The lowest BCUT2D eigenvalue weighted by Gasteiger charge is -2.16. The molecule has 1 heterocycles. The zero-order valence-electron chi connectivity index (χ0n) is 11.5. The van der Waals surface area contributed by atoms with E-state index in [0.29, 0.717) is 17.0 Å². The Kier molecular flexibility index (Phi) is 2.97. The zero-order valence-corrected chi connectivity index (χ0v) is 11.5. The summed E-state index contributed by atoms with van der Waals surface area (Å²) in [5, 5.41) is 0. The van der Waals surface area contributed by atoms with E-state index >= 15 is 0 Å². The van der Waals surface area contributed by atoms with Crippen LogP contribution in [0.3, 0.4) is 0 Å². The minimum atomic E-state index is -2.86. The third kappa shape index (κ3) is 1.62. The van der Waals surface area contributed by atoms with Crippen molar-refractivity contribution in [2.45, 2.75) is 31.6 Å². The first kappa shape index (κ1) is 14.0. The van der Waals surface area contributed by atoms with Crippen molar-refractivity contribution in [3.8, 4) is 0 Å². The Balaban J connectivity index is 2.71. The van der Waals surface area contributed by atoms with Crippen LogP contribution in [-0.4, -0.2) is 30.1 Å². The van der Waals surface area contributed by atoms with Crippen molar-refractivity contribution in [3.63, 3.8) is 0 Å². The minimum Gasteiger partial charge on any atom is -0.465 e. The second kappa shape index (κ2) is 4.03. The van der Waals surface area contributed by atoms with Crippen LogP contribution in [0.1, 0.15) is 33.7 Å². The van der Waals surface area contributed by atoms with Gasteiger partial charge in [0.25, 0.3) is 5.92 Å². The van der Waals surface area contributed by atoms with Gasteiger partial charge in [-0.1, -0.05) is 0 Å². The van der Waals surface area contributed by atoms with Crippen molar-refractivity contribution in [1.29, 1.82) is 0 Å². The summed E-state index contributed by atoms with van der Waals surface area (Å²) >= 11 is 0. The van der Waals surface area contributed by atoms with Crippen LogP contribution in [-0.2, 0) is 17.2 Å². The highest BCUT2D eigenvalue weighted by molar-refractivity contribution is 5.94. The van der Waals surface area contributed by atoms with Gasteiger partial charge in [0.15, 0.2) is 0 Å². The molecule has 0 radical (unpaired) electrons. The number of methoxy groups -OCH3 is 1. The van der Waals surface area contributed by atoms with Crippen LogP contribution in [0.4, 0.5) is 8.78 Å². The van der Waals surface area contributed by atoms with E-state index in [9.17, 15) is 13.6 Å². The van der Waals surface area contributed by atoms with Crippen molar-refractivity contribution < 1.29 is 18.3 Å². The number of rotatable bonds is 3. The number of nitrogens with two attached hydrogens (primary N) is 1. The molecule has 4 nitrogen and oxygen atoms in total. The van der Waals surface area contributed by atoms with Crippen LogP contribution in [0.15, 0.2) is 0 Å². The topological polar surface area (TPSA) is 57.2 Å². The molecule has 0 aromatic carbocycles. The van der Waals surface area contributed by atoms with E-state index in [1.807, 2.05) is 0 Å². The number of alkyl halides is 2. The Bertz CT molecular complexity index is 551. The summed E-state index contributed by atoms with van der Waals surface area (Å²) in [6.07, 6.45) is -0.315. The van der Waals surface area contributed by atoms with Gasteiger partial charge in [0, 0.05) is 37.0 Å². The summed E-state index contributed by atoms with van der Waals surface area (Å²) in [5.41, 5.74) is 5.98. The zero-order chi connectivity index (χ0) is 14.6. The third-order valence-electron chi connectivity index (χ3n) is 4.30. The molecule has 1 atom stereocenters. The maximum absolute atomic E-state index is 13.8. The highest BCUT2D eigenvalue weighted by Crippen LogP contribution is 2.62. The summed E-state index contributed by atoms with van der Waals surface area (Å²) in [7, 11) is 2.99. The Hall–Kier alpha value is -1.43. The van der Waals surface area contributed by atoms with Gasteiger partial charge in [-0.05, 0) is 13.8 Å². The first-order chi connectivity index (χ1) is 8.73. The summed E-state index contributed by atoms with van der Waals surface area (Å²) < 4.78 is 34.0. The lowest BCUT2D eigenvalue weighted by molar-refractivity contribution is 0.0594. The minimum absolute atomic E-state index is 0.186. The number of halogens is 2. The lowest BCUT2D eigenvalue weighted by Crippen LogP contribution is -2.29. The largest absolute Gasteiger partial charge is 0.465 e. The van der Waals surface area contributed by atoms with Crippen LogP contribution in [0, 0.1) is 13.8 Å². The van der Waals surface area contributed by atoms with Gasteiger partial charge < -0.3 is 15.0 Å². The molecule has 1 fully saturated rings. The van der Waals surface area contributed by atoms with E-state index in [0.717, 1.165) is 0 Å². The summed E-state index contributed by atoms with van der Waals surface area (Å²) in [4.78, 5) is 11.9. The summed E-state index contributed by atoms with van der Waals surface area (Å²) in [6, 6.07) is 0. The average Bonchev–Trinajstić information content (AvgIpc) is 2.87. The van der Waals surface area contributed by atoms with Gasteiger partial charge in [-0.3, -0.25) is 0 Å². The molecular weight excluding hydrogens is 254 g/mol. The first-order valence-corrected chi connectivity index (χ1v) is 6.06. The van der Waals surface area contributed by atoms with E-state index in [2.05, 4.69) is 0 Å². The molecule has 1 aliphatic carbocycles. The van der Waals surface area contributed by atoms with Crippen LogP contribution in [0.25, 0.3) is 0 Å². The molecular formula is C13H18F2N2O2. The first-order valence-electron chi connectivity index (χ1n) is 6.06. The van der Waals surface area contributed by atoms with Crippen LogP contribution in [0.5, 0.6) is 0 Å². The molecule has 19 heavy (non-hydrogen) atoms. The Morgan fingerprint density at radius 3 is 2.32 bits per heavy atom. The van der Waals surface area contributed by atoms with Gasteiger partial charge in [-0.2, -0.15) is 0 Å². The van der Waals surface area contributed by atoms with E-state index in [1.165, 1.54) is 7.11 Å². The van der Waals surface area contributed by atoms with Crippen molar-refractivity contribution in [1.82, 2.24) is 4.57 Å². The average molecular weight is 272 g/mol. The maximum atomic E-state index is 13.8. The van der Waals surface area contributed by atoms with E-state index in [-0.39, 0.29) is 18.5 Å². The molecule has 0 aliphatic heterocycles. The standard InChI is InChI=1S/C13H18F2N2O2/c1-7-9(11(18)19-4)10(8(2)17(7)3)12(6-16)5-13(12,14)15/h5-6,16H2,1-4H3. The molecule has 1 aromatic heterocycles. The summed E-state index contributed by atoms with van der Waals surface area (Å²) in [6.45, 7) is 3.25. The Morgan fingerprint density at radius 1 is 1.42 bits per heavy atom. The third-order valence-corrected chi connectivity index (χ3v) is 4.30. The van der Waals surface area contributed by atoms with Gasteiger partial charge >= 0.3 is 5.97 Å². The predicted molar refractivity (Wildman–Crippen MR) is 66.5 cm³/mol. The van der Waals surface area contributed by atoms with E-state index in [4.69, 9.17) is 10.5 Å². The molecule has 0 saturated heterocycles. The van der Waals surface area contributed by atoms with Gasteiger partial charge in [-0.25, -0.2) is 13.6 Å². The molecule has 0 bridgehead atoms. The van der Waals surface area contributed by atoms with Crippen molar-refractivity contribution >= 4 is 5.97 Å². The number of carbonyl (C=O) groups is 1. The number of aromatic nitrogens is 1. The summed E-state index contributed by atoms with van der Waals surface area (Å²) in [5.74, 6) is -3.45. The van der Waals surface area contributed by atoms with Crippen molar-refractivity contribution in [3.05, 3.63) is 22.5 Å². The number of nitrogens with zero attached hydrogens (tertiary/aromatic N) is 1. The van der Waals surface area contributed by atoms with Crippen LogP contribution >= 0.6 is 0 Å². The molecule has 2 rings (SSSR count). The molecule has 1 aliphatic rings. The number of hydrogen-bond acceptors (Lipinski definition) is 3. The van der Waals surface area contributed by atoms with E-state index in [1.54, 1.807) is 25.5 Å². The number of ether oxygens (including phenoxy) is 1. The fourth-order valence-electron chi connectivity index (χ4n) is 2.82. The SMILES string of the molecule is COC(=O)c1c(C2(CN)CC2(F)F)c(C)n(C)c1C. The fraction of sp³-hybridized carbons (Fsp3) is 0.615. The second-order valence-electron chi connectivity index (χ2n) is 5.14. The highest BCUT2D eigenvalue weighted by Gasteiger charge is 2.72. The van der Waals surface area contributed by atoms with Gasteiger partial charge in [0.05, 0.1) is 18.1 Å². The molecule has 6 heteroatoms. The predicted octanol–water partition coefficient (Wildman–Crippen LogP) is 1.66. The lowest BCUT2D eigenvalue weighted by atomic mass is 9.91. The smallest absolute Gasteiger partial charge is 0.340 e. The Labute approximate surface area is 110 Å². The van der Waals surface area contributed by atoms with Crippen molar-refractivity contribution in [2.75, 3.05) is 13.7 Å². The molecule has 106 valence electrons. The maximum Gasteiger partial charge on any atom is 0.340 e. The molecule has 0 amide bonds. The van der Waals surface area contributed by atoms with Crippen LogP contribution < -0.4 is 5.73 Å². The van der Waals surface area contributed by atoms with Gasteiger partial charge in [0.2, 0.25) is 0 Å². The molecule has 1 unspecified atom stereocenters. The highest BCUT2D eigenvalue weighted by atomic mass is 19.3. The second-order valence-corrected chi connectivity index (χ2v) is 5.14. The monoisotopic (exact) mass is 272 g/mol. The number of hydrogen-bond donors (Lipinski definition) is 1. The quantitative estimate of drug-likeness (QED) is 0.851. The molecule has 1 aromatic rings. The number of carbonyl (C=O) groups excluding carboxylic acids is 1. The Morgan fingerprint density at radius 2 is 1.95 bits per heavy atom. The van der Waals surface area contributed by atoms with E-state index < -0.39 is 17.3 Å². The van der Waals surface area contributed by atoms with Crippen molar-refractivity contribution in [2.24, 2.45) is 12.8 Å². The molecule has 1 saturated carbocycles. The van der Waals surface area contributed by atoms with Gasteiger partial charge in [0.1, 0.15) is 0 Å².